The molecular formula is C19H15ClF4N6O2. The molecule has 0 aliphatic carbocycles. The molecule has 1 aromatic carbocycles. The third-order valence-corrected chi connectivity index (χ3v) is 4.64. The number of carbonyl (C=O) groups excluding carboxylic acids is 2. The van der Waals surface area contributed by atoms with E-state index in [4.69, 9.17) is 17.3 Å². The van der Waals surface area contributed by atoms with Crippen LogP contribution in [0.1, 0.15) is 26.7 Å². The number of amides is 2. The number of rotatable bonds is 6. The van der Waals surface area contributed by atoms with Gasteiger partial charge in [0.25, 0.3) is 5.91 Å². The summed E-state index contributed by atoms with van der Waals surface area (Å²) in [7, 11) is 1.34. The van der Waals surface area contributed by atoms with Gasteiger partial charge in [0.15, 0.2) is 11.5 Å². The highest BCUT2D eigenvalue weighted by atomic mass is 35.5. The molecule has 0 atom stereocenters. The highest BCUT2D eigenvalue weighted by Crippen LogP contribution is 2.36. The van der Waals surface area contributed by atoms with E-state index in [-0.39, 0.29) is 33.4 Å². The van der Waals surface area contributed by atoms with Gasteiger partial charge in [-0.25, -0.2) is 9.37 Å². The van der Waals surface area contributed by atoms with Crippen molar-refractivity contribution in [2.75, 3.05) is 5.32 Å². The molecule has 0 saturated carbocycles. The van der Waals surface area contributed by atoms with E-state index in [1.165, 1.54) is 25.2 Å². The third kappa shape index (κ3) is 4.64. The fourth-order valence-corrected chi connectivity index (χ4v) is 3.20. The van der Waals surface area contributed by atoms with Crippen molar-refractivity contribution in [1.29, 1.82) is 0 Å². The number of halogens is 5. The summed E-state index contributed by atoms with van der Waals surface area (Å²) in [6.45, 7) is 2.46. The summed E-state index contributed by atoms with van der Waals surface area (Å²) in [5, 5.41) is 5.88. The first-order chi connectivity index (χ1) is 14.9. The largest absolute Gasteiger partial charge is 0.435 e. The van der Waals surface area contributed by atoms with Crippen LogP contribution in [0.15, 0.2) is 43.0 Å². The molecule has 0 fully saturated rings. The Morgan fingerprint density at radius 1 is 1.31 bits per heavy atom. The van der Waals surface area contributed by atoms with E-state index in [1.807, 2.05) is 0 Å². The standard InChI is InChI=1S/C19H15ClF4N6O2/c1-9(21)7-30-8-12(15(28-30)19(22,23)24)14-6-26-17(29(14)2)18(32)27-10-3-4-11(16(25)31)13(20)5-10/h3-6,8H,1,7H2,2H3,(H2,25,31)(H,27,32). The number of hydrogen-bond donors (Lipinski definition) is 2. The molecule has 0 bridgehead atoms. The summed E-state index contributed by atoms with van der Waals surface area (Å²) >= 11 is 5.95. The van der Waals surface area contributed by atoms with Crippen LogP contribution in [0.2, 0.25) is 5.02 Å². The van der Waals surface area contributed by atoms with Crippen LogP contribution in [-0.2, 0) is 19.8 Å². The summed E-state index contributed by atoms with van der Waals surface area (Å²) in [5.41, 5.74) is 3.71. The van der Waals surface area contributed by atoms with E-state index in [0.29, 0.717) is 0 Å². The quantitative estimate of drug-likeness (QED) is 0.534. The Labute approximate surface area is 183 Å². The predicted octanol–water partition coefficient (Wildman–Crippen LogP) is 3.79. The second-order valence-corrected chi connectivity index (χ2v) is 7.05. The number of nitrogens with one attached hydrogen (secondary N) is 1. The maximum Gasteiger partial charge on any atom is 0.435 e. The minimum absolute atomic E-state index is 0.00696. The lowest BCUT2D eigenvalue weighted by atomic mass is 10.2. The molecular weight excluding hydrogens is 456 g/mol. The Morgan fingerprint density at radius 2 is 2.00 bits per heavy atom. The number of carbonyl (C=O) groups is 2. The van der Waals surface area contributed by atoms with Crippen LogP contribution in [0.25, 0.3) is 11.3 Å². The summed E-state index contributed by atoms with van der Waals surface area (Å²) in [5.74, 6) is -2.59. The van der Waals surface area contributed by atoms with E-state index in [0.717, 1.165) is 21.6 Å². The Bertz CT molecular complexity index is 1230. The second kappa shape index (κ2) is 8.46. The van der Waals surface area contributed by atoms with Gasteiger partial charge in [0, 0.05) is 18.9 Å². The first kappa shape index (κ1) is 23.0. The van der Waals surface area contributed by atoms with Crippen LogP contribution in [0, 0.1) is 0 Å². The number of nitrogens with zero attached hydrogens (tertiary/aromatic N) is 4. The van der Waals surface area contributed by atoms with Crippen LogP contribution in [0.3, 0.4) is 0 Å². The van der Waals surface area contributed by atoms with Crippen LogP contribution in [-0.4, -0.2) is 31.1 Å². The number of alkyl halides is 3. The van der Waals surface area contributed by atoms with E-state index in [1.54, 1.807) is 0 Å². The number of hydrogen-bond acceptors (Lipinski definition) is 4. The van der Waals surface area contributed by atoms with Crippen LogP contribution in [0.4, 0.5) is 23.2 Å². The molecule has 13 heteroatoms. The van der Waals surface area contributed by atoms with Gasteiger partial charge in [-0.3, -0.25) is 14.3 Å². The number of primary amides is 1. The van der Waals surface area contributed by atoms with Gasteiger partial charge < -0.3 is 15.6 Å². The number of anilines is 1. The van der Waals surface area contributed by atoms with Gasteiger partial charge in [0.05, 0.1) is 34.6 Å². The van der Waals surface area contributed by atoms with Crippen molar-refractivity contribution >= 4 is 29.1 Å². The summed E-state index contributed by atoms with van der Waals surface area (Å²) in [6.07, 6.45) is -2.77. The normalized spacial score (nSPS) is 11.4. The molecule has 2 heterocycles. The van der Waals surface area contributed by atoms with Crippen molar-refractivity contribution in [1.82, 2.24) is 19.3 Å². The molecule has 0 aliphatic heterocycles. The minimum atomic E-state index is -4.83. The Hall–Kier alpha value is -3.67. The second-order valence-electron chi connectivity index (χ2n) is 6.64. The molecule has 0 radical (unpaired) electrons. The average molecular weight is 471 g/mol. The predicted molar refractivity (Wildman–Crippen MR) is 108 cm³/mol. The molecule has 3 rings (SSSR count). The van der Waals surface area contributed by atoms with Gasteiger partial charge in [-0.2, -0.15) is 18.3 Å². The van der Waals surface area contributed by atoms with Crippen LogP contribution < -0.4 is 11.1 Å². The number of benzene rings is 1. The number of aromatic nitrogens is 4. The van der Waals surface area contributed by atoms with E-state index in [2.05, 4.69) is 22.0 Å². The third-order valence-electron chi connectivity index (χ3n) is 4.32. The van der Waals surface area contributed by atoms with Gasteiger partial charge in [0.1, 0.15) is 5.83 Å². The van der Waals surface area contributed by atoms with Gasteiger partial charge in [-0.15, -0.1) is 0 Å². The maximum absolute atomic E-state index is 13.5. The topological polar surface area (TPSA) is 108 Å². The van der Waals surface area contributed by atoms with Gasteiger partial charge >= 0.3 is 6.18 Å². The molecule has 3 N–H and O–H groups in total. The van der Waals surface area contributed by atoms with Crippen molar-refractivity contribution in [3.8, 4) is 11.3 Å². The monoisotopic (exact) mass is 470 g/mol. The first-order valence-corrected chi connectivity index (χ1v) is 9.17. The maximum atomic E-state index is 13.5. The fourth-order valence-electron chi connectivity index (χ4n) is 2.93. The molecule has 168 valence electrons. The van der Waals surface area contributed by atoms with Crippen molar-refractivity contribution in [3.63, 3.8) is 0 Å². The first-order valence-electron chi connectivity index (χ1n) is 8.79. The lowest BCUT2D eigenvalue weighted by Gasteiger charge is -2.09. The molecule has 0 spiro atoms. The minimum Gasteiger partial charge on any atom is -0.366 e. The Kier molecular flexibility index (Phi) is 6.08. The van der Waals surface area contributed by atoms with Crippen molar-refractivity contribution in [3.05, 3.63) is 65.1 Å². The zero-order chi connectivity index (χ0) is 23.8. The Balaban J connectivity index is 1.94. The zero-order valence-electron chi connectivity index (χ0n) is 16.4. The highest BCUT2D eigenvalue weighted by molar-refractivity contribution is 6.34. The fraction of sp³-hybridized carbons (Fsp3) is 0.158. The molecule has 2 aromatic heterocycles. The Morgan fingerprint density at radius 3 is 2.56 bits per heavy atom. The number of nitrogens with two attached hydrogens (primary N) is 1. The summed E-state index contributed by atoms with van der Waals surface area (Å²) in [4.78, 5) is 27.7. The molecule has 32 heavy (non-hydrogen) atoms. The van der Waals surface area contributed by atoms with Crippen molar-refractivity contribution in [2.24, 2.45) is 12.8 Å². The van der Waals surface area contributed by atoms with Gasteiger partial charge in [0.2, 0.25) is 5.91 Å². The lowest BCUT2D eigenvalue weighted by Crippen LogP contribution is -2.18. The molecule has 0 unspecified atom stereocenters. The average Bonchev–Trinajstić information content (AvgIpc) is 3.24. The van der Waals surface area contributed by atoms with E-state index in [9.17, 15) is 27.2 Å². The van der Waals surface area contributed by atoms with Crippen molar-refractivity contribution in [2.45, 2.75) is 12.7 Å². The summed E-state index contributed by atoms with van der Waals surface area (Å²) < 4.78 is 55.3. The molecule has 2 amide bonds. The SMILES string of the molecule is C=C(F)Cn1cc(-c2cnc(C(=O)Nc3ccc(C(N)=O)c(Cl)c3)n2C)c(C(F)(F)F)n1. The molecule has 0 aliphatic rings. The smallest absolute Gasteiger partial charge is 0.366 e. The summed E-state index contributed by atoms with van der Waals surface area (Å²) in [6, 6.07) is 3.98. The molecule has 0 saturated heterocycles. The van der Waals surface area contributed by atoms with Gasteiger partial charge in [-0.05, 0) is 18.2 Å². The van der Waals surface area contributed by atoms with E-state index < -0.39 is 36.1 Å². The zero-order valence-corrected chi connectivity index (χ0v) is 17.1. The van der Waals surface area contributed by atoms with Gasteiger partial charge in [-0.1, -0.05) is 18.2 Å². The molecule has 3 aromatic rings. The van der Waals surface area contributed by atoms with E-state index >= 15 is 0 Å². The van der Waals surface area contributed by atoms with Crippen molar-refractivity contribution < 1.29 is 27.2 Å². The highest BCUT2D eigenvalue weighted by Gasteiger charge is 2.38. The molecule has 8 nitrogen and oxygen atoms in total. The number of imidazole rings is 1. The lowest BCUT2D eigenvalue weighted by molar-refractivity contribution is -0.141. The van der Waals surface area contributed by atoms with Crippen LogP contribution >= 0.6 is 11.6 Å². The van der Waals surface area contributed by atoms with Crippen LogP contribution in [0.5, 0.6) is 0 Å². The number of allylic oxidation sites excluding steroid dienone is 1.